The number of rotatable bonds is 9. The standard InChI is InChI=1S/C32H34N2O6/c1-22-20-26(40-21-23-6-3-2-4-7-23)12-13-27(22)30(36)28-29(24-8-10-25(35)11-9-24)34(32(38)31(28)37)15-5-14-33-16-18-39-19-17-33/h2-4,6-13,20,29,35-36H,5,14-19,21H2,1H3. The van der Waals surface area contributed by atoms with Gasteiger partial charge in [0.05, 0.1) is 24.8 Å². The number of likely N-dealkylation sites (tertiary alicyclic amines) is 1. The number of ketones is 1. The molecule has 0 spiro atoms. The molecule has 0 bridgehead atoms. The zero-order valence-electron chi connectivity index (χ0n) is 22.6. The smallest absolute Gasteiger partial charge is 0.295 e. The van der Waals surface area contributed by atoms with Crippen LogP contribution in [-0.2, 0) is 20.9 Å². The summed E-state index contributed by atoms with van der Waals surface area (Å²) in [7, 11) is 0. The maximum atomic E-state index is 13.4. The zero-order chi connectivity index (χ0) is 28.1. The minimum Gasteiger partial charge on any atom is -0.508 e. The van der Waals surface area contributed by atoms with Crippen LogP contribution in [0.5, 0.6) is 11.5 Å². The predicted octanol–water partition coefficient (Wildman–Crippen LogP) is 4.42. The van der Waals surface area contributed by atoms with Crippen molar-refractivity contribution in [1.82, 2.24) is 9.80 Å². The molecule has 0 radical (unpaired) electrons. The van der Waals surface area contributed by atoms with E-state index in [1.165, 1.54) is 17.0 Å². The van der Waals surface area contributed by atoms with Crippen LogP contribution < -0.4 is 4.74 Å². The van der Waals surface area contributed by atoms with Crippen molar-refractivity contribution in [3.63, 3.8) is 0 Å². The number of amides is 1. The predicted molar refractivity (Wildman–Crippen MR) is 151 cm³/mol. The van der Waals surface area contributed by atoms with Crippen molar-refractivity contribution in [2.45, 2.75) is 26.0 Å². The number of benzene rings is 3. The molecule has 8 heteroatoms. The Kier molecular flexibility index (Phi) is 8.48. The first kappa shape index (κ1) is 27.4. The van der Waals surface area contributed by atoms with E-state index in [0.29, 0.717) is 55.2 Å². The Hall–Kier alpha value is -4.14. The van der Waals surface area contributed by atoms with Crippen LogP contribution >= 0.6 is 0 Å². The molecule has 1 amide bonds. The molecule has 2 heterocycles. The molecule has 1 atom stereocenters. The summed E-state index contributed by atoms with van der Waals surface area (Å²) in [5, 5.41) is 21.3. The third-order valence-electron chi connectivity index (χ3n) is 7.43. The fourth-order valence-electron chi connectivity index (χ4n) is 5.28. The van der Waals surface area contributed by atoms with Gasteiger partial charge in [-0.15, -0.1) is 0 Å². The van der Waals surface area contributed by atoms with Crippen molar-refractivity contribution in [2.75, 3.05) is 39.4 Å². The van der Waals surface area contributed by atoms with Crippen molar-refractivity contribution in [1.29, 1.82) is 0 Å². The number of nitrogens with zero attached hydrogens (tertiary/aromatic N) is 2. The van der Waals surface area contributed by atoms with E-state index in [-0.39, 0.29) is 17.1 Å². The van der Waals surface area contributed by atoms with Crippen LogP contribution in [0.4, 0.5) is 0 Å². The van der Waals surface area contributed by atoms with Gasteiger partial charge in [0.2, 0.25) is 0 Å². The average Bonchev–Trinajstić information content (AvgIpc) is 3.22. The van der Waals surface area contributed by atoms with Gasteiger partial charge < -0.3 is 24.6 Å². The van der Waals surface area contributed by atoms with E-state index in [9.17, 15) is 19.8 Å². The summed E-state index contributed by atoms with van der Waals surface area (Å²) in [5.41, 5.74) is 2.90. The second kappa shape index (κ2) is 12.4. The quantitative estimate of drug-likeness (QED) is 0.235. The Balaban J connectivity index is 1.42. The lowest BCUT2D eigenvalue weighted by Crippen LogP contribution is -2.38. The fourth-order valence-corrected chi connectivity index (χ4v) is 5.28. The molecule has 0 saturated carbocycles. The highest BCUT2D eigenvalue weighted by molar-refractivity contribution is 6.46. The van der Waals surface area contributed by atoms with Crippen LogP contribution in [0, 0.1) is 6.92 Å². The molecule has 0 aliphatic carbocycles. The number of aryl methyl sites for hydroxylation is 1. The highest BCUT2D eigenvalue weighted by Crippen LogP contribution is 2.40. The molecule has 3 aromatic rings. The van der Waals surface area contributed by atoms with Gasteiger partial charge in [0.25, 0.3) is 11.7 Å². The summed E-state index contributed by atoms with van der Waals surface area (Å²) in [6.07, 6.45) is 0.675. The lowest BCUT2D eigenvalue weighted by Gasteiger charge is -2.29. The number of morpholine rings is 1. The normalized spacial score (nSPS) is 19.2. The lowest BCUT2D eigenvalue weighted by atomic mass is 9.93. The van der Waals surface area contributed by atoms with Gasteiger partial charge in [-0.2, -0.15) is 0 Å². The summed E-state index contributed by atoms with van der Waals surface area (Å²) in [4.78, 5) is 30.5. The summed E-state index contributed by atoms with van der Waals surface area (Å²) in [5.74, 6) is -0.862. The van der Waals surface area contributed by atoms with Crippen molar-refractivity contribution in [3.05, 3.63) is 101 Å². The zero-order valence-corrected chi connectivity index (χ0v) is 22.6. The molecule has 8 nitrogen and oxygen atoms in total. The number of ether oxygens (including phenoxy) is 2. The van der Waals surface area contributed by atoms with E-state index >= 15 is 0 Å². The van der Waals surface area contributed by atoms with Crippen LogP contribution in [0.25, 0.3) is 5.76 Å². The summed E-state index contributed by atoms with van der Waals surface area (Å²) in [6, 6.07) is 20.7. The number of hydrogen-bond donors (Lipinski definition) is 2. The minimum atomic E-state index is -0.765. The van der Waals surface area contributed by atoms with Crippen molar-refractivity contribution in [2.24, 2.45) is 0 Å². The van der Waals surface area contributed by atoms with Crippen molar-refractivity contribution < 1.29 is 29.3 Å². The minimum absolute atomic E-state index is 0.0446. The number of phenols is 1. The van der Waals surface area contributed by atoms with Crippen molar-refractivity contribution in [3.8, 4) is 11.5 Å². The molecule has 2 aliphatic rings. The van der Waals surface area contributed by atoms with Crippen LogP contribution in [0.1, 0.15) is 34.7 Å². The van der Waals surface area contributed by atoms with Crippen LogP contribution in [0.2, 0.25) is 0 Å². The maximum absolute atomic E-state index is 13.4. The largest absolute Gasteiger partial charge is 0.508 e. The Labute approximate surface area is 234 Å². The molecular weight excluding hydrogens is 508 g/mol. The van der Waals surface area contributed by atoms with Crippen molar-refractivity contribution >= 4 is 17.4 Å². The summed E-state index contributed by atoms with van der Waals surface area (Å²) < 4.78 is 11.3. The average molecular weight is 543 g/mol. The van der Waals surface area contributed by atoms with Gasteiger partial charge in [0.15, 0.2) is 0 Å². The van der Waals surface area contributed by atoms with Gasteiger partial charge in [0.1, 0.15) is 23.9 Å². The molecule has 2 fully saturated rings. The first-order chi connectivity index (χ1) is 19.4. The van der Waals surface area contributed by atoms with E-state index in [1.54, 1.807) is 24.3 Å². The van der Waals surface area contributed by atoms with Gasteiger partial charge in [-0.05, 0) is 60.4 Å². The Bertz CT molecular complexity index is 1380. The van der Waals surface area contributed by atoms with Crippen LogP contribution in [0.15, 0.2) is 78.4 Å². The van der Waals surface area contributed by atoms with Crippen LogP contribution in [0.3, 0.4) is 0 Å². The second-order valence-corrected chi connectivity index (χ2v) is 10.1. The highest BCUT2D eigenvalue weighted by atomic mass is 16.5. The SMILES string of the molecule is Cc1cc(OCc2ccccc2)ccc1C(O)=C1C(=O)C(=O)N(CCCN2CCOCC2)C1c1ccc(O)cc1. The van der Waals surface area contributed by atoms with Gasteiger partial charge in [0, 0.05) is 31.7 Å². The molecule has 208 valence electrons. The molecule has 0 aromatic heterocycles. The number of carbonyl (C=O) groups excluding carboxylic acids is 2. The molecule has 3 aromatic carbocycles. The highest BCUT2D eigenvalue weighted by Gasteiger charge is 2.46. The summed E-state index contributed by atoms with van der Waals surface area (Å²) in [6.45, 7) is 6.42. The first-order valence-electron chi connectivity index (χ1n) is 13.6. The van der Waals surface area contributed by atoms with Gasteiger partial charge >= 0.3 is 0 Å². The molecule has 2 aliphatic heterocycles. The number of carbonyl (C=O) groups is 2. The maximum Gasteiger partial charge on any atom is 0.295 e. The number of aromatic hydroxyl groups is 1. The second-order valence-electron chi connectivity index (χ2n) is 10.1. The number of aliphatic hydroxyl groups is 1. The number of aliphatic hydroxyl groups excluding tert-OH is 1. The molecule has 5 rings (SSSR count). The van der Waals surface area contributed by atoms with E-state index in [1.807, 2.05) is 43.3 Å². The number of hydrogen-bond acceptors (Lipinski definition) is 7. The number of phenolic OH excluding ortho intramolecular Hbond substituents is 1. The molecule has 1 unspecified atom stereocenters. The molecular formula is C32H34N2O6. The topological polar surface area (TPSA) is 99.5 Å². The Morgan fingerprint density at radius 3 is 2.40 bits per heavy atom. The molecule has 2 saturated heterocycles. The lowest BCUT2D eigenvalue weighted by molar-refractivity contribution is -0.140. The monoisotopic (exact) mass is 542 g/mol. The first-order valence-corrected chi connectivity index (χ1v) is 13.6. The van der Waals surface area contributed by atoms with Gasteiger partial charge in [-0.3, -0.25) is 14.5 Å². The molecule has 40 heavy (non-hydrogen) atoms. The van der Waals surface area contributed by atoms with E-state index in [0.717, 1.165) is 25.2 Å². The third-order valence-corrected chi connectivity index (χ3v) is 7.43. The van der Waals surface area contributed by atoms with E-state index in [2.05, 4.69) is 4.90 Å². The summed E-state index contributed by atoms with van der Waals surface area (Å²) >= 11 is 0. The van der Waals surface area contributed by atoms with Gasteiger partial charge in [-0.25, -0.2) is 0 Å². The fraction of sp³-hybridized carbons (Fsp3) is 0.312. The van der Waals surface area contributed by atoms with E-state index in [4.69, 9.17) is 9.47 Å². The van der Waals surface area contributed by atoms with Crippen LogP contribution in [-0.4, -0.2) is 71.1 Å². The van der Waals surface area contributed by atoms with Gasteiger partial charge in [-0.1, -0.05) is 42.5 Å². The Morgan fingerprint density at radius 2 is 1.70 bits per heavy atom. The number of Topliss-reactive ketones (excluding diaryl/α,β-unsaturated/α-hetero) is 1. The van der Waals surface area contributed by atoms with E-state index < -0.39 is 17.7 Å². The Morgan fingerprint density at radius 1 is 0.975 bits per heavy atom. The third kappa shape index (κ3) is 6.03. The molecule has 2 N–H and O–H groups in total.